The summed E-state index contributed by atoms with van der Waals surface area (Å²) in [5.41, 5.74) is 5.88. The van der Waals surface area contributed by atoms with E-state index in [1.165, 1.54) is 6.42 Å². The molecule has 3 nitrogen and oxygen atoms in total. The maximum atomic E-state index is 10.8. The van der Waals surface area contributed by atoms with Gasteiger partial charge in [0.15, 0.2) is 0 Å². The number of anilines is 1. The number of nitrogens with two attached hydrogens (primary N) is 1. The molecule has 0 spiro atoms. The third-order valence-electron chi connectivity index (χ3n) is 3.87. The number of hydrogen-bond donors (Lipinski definition) is 2. The monoisotopic (exact) mass is 220 g/mol. The molecule has 1 fully saturated rings. The molecule has 3 unspecified atom stereocenters. The van der Waals surface area contributed by atoms with Gasteiger partial charge in [0.25, 0.3) is 0 Å². The van der Waals surface area contributed by atoms with Crippen molar-refractivity contribution in [1.29, 1.82) is 0 Å². The van der Waals surface area contributed by atoms with Gasteiger partial charge in [-0.3, -0.25) is 0 Å². The third kappa shape index (κ3) is 1.80. The van der Waals surface area contributed by atoms with Gasteiger partial charge in [0, 0.05) is 11.8 Å². The lowest BCUT2D eigenvalue weighted by atomic mass is 9.69. The first-order valence-corrected chi connectivity index (χ1v) is 5.97. The van der Waals surface area contributed by atoms with E-state index in [1.54, 1.807) is 6.20 Å². The summed E-state index contributed by atoms with van der Waals surface area (Å²) in [5.74, 6) is 1.25. The molecule has 16 heavy (non-hydrogen) atoms. The van der Waals surface area contributed by atoms with Crippen molar-refractivity contribution >= 4 is 5.82 Å². The molecule has 1 heterocycles. The molecule has 0 aromatic carbocycles. The Kier molecular flexibility index (Phi) is 2.89. The summed E-state index contributed by atoms with van der Waals surface area (Å²) in [7, 11) is 0. The summed E-state index contributed by atoms with van der Waals surface area (Å²) in [6.45, 7) is 4.28. The van der Waals surface area contributed by atoms with E-state index in [0.29, 0.717) is 11.7 Å². The zero-order valence-electron chi connectivity index (χ0n) is 9.98. The first-order valence-electron chi connectivity index (χ1n) is 5.97. The van der Waals surface area contributed by atoms with Gasteiger partial charge in [-0.2, -0.15) is 0 Å². The van der Waals surface area contributed by atoms with E-state index >= 15 is 0 Å². The second kappa shape index (κ2) is 4.06. The van der Waals surface area contributed by atoms with Gasteiger partial charge in [-0.1, -0.05) is 26.3 Å². The lowest BCUT2D eigenvalue weighted by molar-refractivity contribution is -0.0622. The molecular weight excluding hydrogens is 200 g/mol. The molecule has 88 valence electrons. The predicted molar refractivity (Wildman–Crippen MR) is 64.7 cm³/mol. The zero-order valence-corrected chi connectivity index (χ0v) is 9.98. The van der Waals surface area contributed by atoms with Crippen molar-refractivity contribution in [1.82, 2.24) is 4.98 Å². The van der Waals surface area contributed by atoms with E-state index in [-0.39, 0.29) is 5.92 Å². The molecule has 3 N–H and O–H groups in total. The number of aromatic nitrogens is 1. The van der Waals surface area contributed by atoms with Crippen molar-refractivity contribution < 1.29 is 5.11 Å². The van der Waals surface area contributed by atoms with E-state index in [0.717, 1.165) is 18.4 Å². The van der Waals surface area contributed by atoms with Gasteiger partial charge in [0.05, 0.1) is 5.60 Å². The molecule has 3 heteroatoms. The fourth-order valence-corrected chi connectivity index (χ4v) is 2.77. The minimum absolute atomic E-state index is 0.246. The van der Waals surface area contributed by atoms with Crippen LogP contribution in [-0.2, 0) is 5.60 Å². The van der Waals surface area contributed by atoms with Gasteiger partial charge in [-0.05, 0) is 30.7 Å². The summed E-state index contributed by atoms with van der Waals surface area (Å²) < 4.78 is 0. The van der Waals surface area contributed by atoms with Crippen LogP contribution in [0, 0.1) is 11.8 Å². The smallest absolute Gasteiger partial charge is 0.129 e. The van der Waals surface area contributed by atoms with Gasteiger partial charge in [0.1, 0.15) is 5.82 Å². The second-order valence-corrected chi connectivity index (χ2v) is 5.15. The first-order chi connectivity index (χ1) is 7.54. The van der Waals surface area contributed by atoms with E-state index in [9.17, 15) is 5.11 Å². The molecule has 1 aliphatic carbocycles. The van der Waals surface area contributed by atoms with E-state index < -0.39 is 5.60 Å². The third-order valence-corrected chi connectivity index (χ3v) is 3.87. The Morgan fingerprint density at radius 3 is 2.88 bits per heavy atom. The fourth-order valence-electron chi connectivity index (χ4n) is 2.77. The van der Waals surface area contributed by atoms with Crippen molar-refractivity contribution in [2.45, 2.75) is 38.7 Å². The van der Waals surface area contributed by atoms with Crippen molar-refractivity contribution in [2.24, 2.45) is 11.8 Å². The summed E-state index contributed by atoms with van der Waals surface area (Å²) in [4.78, 5) is 4.08. The van der Waals surface area contributed by atoms with Crippen molar-refractivity contribution in [3.05, 3.63) is 23.9 Å². The predicted octanol–water partition coefficient (Wildman–Crippen LogP) is 2.31. The van der Waals surface area contributed by atoms with Crippen LogP contribution in [0.4, 0.5) is 5.82 Å². The number of hydrogen-bond acceptors (Lipinski definition) is 3. The highest BCUT2D eigenvalue weighted by Crippen LogP contribution is 2.44. The highest BCUT2D eigenvalue weighted by atomic mass is 16.3. The molecule has 2 rings (SSSR count). The van der Waals surface area contributed by atoms with E-state index in [1.807, 2.05) is 12.1 Å². The molecule has 1 aromatic rings. The molecule has 3 atom stereocenters. The molecule has 0 bridgehead atoms. The molecule has 1 aromatic heterocycles. The number of rotatable bonds is 1. The van der Waals surface area contributed by atoms with Crippen LogP contribution in [-0.4, -0.2) is 10.1 Å². The Morgan fingerprint density at radius 2 is 2.19 bits per heavy atom. The highest BCUT2D eigenvalue weighted by molar-refractivity contribution is 5.43. The summed E-state index contributed by atoms with van der Waals surface area (Å²) in [5, 5.41) is 10.8. The van der Waals surface area contributed by atoms with Gasteiger partial charge in [0.2, 0.25) is 0 Å². The van der Waals surface area contributed by atoms with Gasteiger partial charge < -0.3 is 10.8 Å². The average Bonchev–Trinajstić information content (AvgIpc) is 2.24. The van der Waals surface area contributed by atoms with Crippen LogP contribution in [0.2, 0.25) is 0 Å². The summed E-state index contributed by atoms with van der Waals surface area (Å²) >= 11 is 0. The minimum atomic E-state index is -0.796. The maximum Gasteiger partial charge on any atom is 0.129 e. The van der Waals surface area contributed by atoms with Crippen LogP contribution in [0.3, 0.4) is 0 Å². The summed E-state index contributed by atoms with van der Waals surface area (Å²) in [6.07, 6.45) is 4.68. The van der Waals surface area contributed by atoms with Crippen LogP contribution in [0.15, 0.2) is 18.3 Å². The van der Waals surface area contributed by atoms with Crippen molar-refractivity contribution in [2.75, 3.05) is 5.73 Å². The SMILES string of the molecule is CC1CCC(C)C(O)(c2cccnc2N)C1. The topological polar surface area (TPSA) is 59.1 Å². The molecule has 0 aliphatic heterocycles. The Bertz CT molecular complexity index is 380. The van der Waals surface area contributed by atoms with Crippen LogP contribution in [0.25, 0.3) is 0 Å². The van der Waals surface area contributed by atoms with Crippen LogP contribution >= 0.6 is 0 Å². The fraction of sp³-hybridized carbons (Fsp3) is 0.615. The maximum absolute atomic E-state index is 10.8. The van der Waals surface area contributed by atoms with Crippen LogP contribution in [0.1, 0.15) is 38.7 Å². The lowest BCUT2D eigenvalue weighted by Crippen LogP contribution is -2.39. The quantitative estimate of drug-likeness (QED) is 0.763. The van der Waals surface area contributed by atoms with Gasteiger partial charge >= 0.3 is 0 Å². The Hall–Kier alpha value is -1.09. The molecule has 1 aliphatic rings. The summed E-state index contributed by atoms with van der Waals surface area (Å²) in [6, 6.07) is 3.74. The lowest BCUT2D eigenvalue weighted by Gasteiger charge is -2.41. The number of aliphatic hydroxyl groups is 1. The molecule has 0 radical (unpaired) electrons. The normalized spacial score (nSPS) is 34.9. The van der Waals surface area contributed by atoms with Gasteiger partial charge in [-0.15, -0.1) is 0 Å². The average molecular weight is 220 g/mol. The second-order valence-electron chi connectivity index (χ2n) is 5.15. The number of nitrogens with zero attached hydrogens (tertiary/aromatic N) is 1. The Labute approximate surface area is 96.7 Å². The minimum Gasteiger partial charge on any atom is -0.385 e. The zero-order chi connectivity index (χ0) is 11.8. The molecule has 1 saturated carbocycles. The van der Waals surface area contributed by atoms with Crippen molar-refractivity contribution in [3.8, 4) is 0 Å². The Morgan fingerprint density at radius 1 is 1.44 bits per heavy atom. The number of nitrogen functional groups attached to an aromatic ring is 1. The number of pyridine rings is 1. The molecule has 0 saturated heterocycles. The first kappa shape index (κ1) is 11.4. The van der Waals surface area contributed by atoms with Gasteiger partial charge in [-0.25, -0.2) is 4.98 Å². The van der Waals surface area contributed by atoms with E-state index in [4.69, 9.17) is 5.73 Å². The van der Waals surface area contributed by atoms with E-state index in [2.05, 4.69) is 18.8 Å². The van der Waals surface area contributed by atoms with Crippen LogP contribution in [0.5, 0.6) is 0 Å². The standard InChI is InChI=1S/C13H20N2O/c1-9-5-6-10(2)13(16,8-9)11-4-3-7-15-12(11)14/h3-4,7,9-10,16H,5-6,8H2,1-2H3,(H2,14,15). The van der Waals surface area contributed by atoms with Crippen molar-refractivity contribution in [3.63, 3.8) is 0 Å². The van der Waals surface area contributed by atoms with Crippen LogP contribution < -0.4 is 5.73 Å². The molecule has 0 amide bonds. The molecular formula is C13H20N2O. The largest absolute Gasteiger partial charge is 0.385 e. The Balaban J connectivity index is 2.40. The highest BCUT2D eigenvalue weighted by Gasteiger charge is 2.41.